The number of phenolic OH excluding ortho intramolecular Hbond substituents is 1. The van der Waals surface area contributed by atoms with Gasteiger partial charge in [-0.1, -0.05) is 71.9 Å². The quantitative estimate of drug-likeness (QED) is 0.320. The summed E-state index contributed by atoms with van der Waals surface area (Å²) in [5.41, 5.74) is 4.86. The number of para-hydroxylation sites is 1. The van der Waals surface area contributed by atoms with Gasteiger partial charge in [0.25, 0.3) is 0 Å². The van der Waals surface area contributed by atoms with Gasteiger partial charge in [-0.3, -0.25) is 9.98 Å². The minimum Gasteiger partial charge on any atom is -0.505 e. The van der Waals surface area contributed by atoms with E-state index in [1.165, 1.54) is 0 Å². The smallest absolute Gasteiger partial charge is 0.170 e. The molecule has 2 aromatic carbocycles. The molecule has 5 nitrogen and oxygen atoms in total. The number of aromatic nitrogens is 1. The van der Waals surface area contributed by atoms with Gasteiger partial charge in [-0.05, 0) is 40.7 Å². The van der Waals surface area contributed by atoms with Crippen LogP contribution >= 0.6 is 0 Å². The van der Waals surface area contributed by atoms with Gasteiger partial charge < -0.3 is 15.2 Å². The summed E-state index contributed by atoms with van der Waals surface area (Å²) in [5.74, 6) is 0.223. The number of rotatable bonds is 6. The van der Waals surface area contributed by atoms with Crippen molar-refractivity contribution in [3.63, 3.8) is 0 Å². The van der Waals surface area contributed by atoms with Crippen molar-refractivity contribution in [3.05, 3.63) is 83.2 Å². The van der Waals surface area contributed by atoms with E-state index in [9.17, 15) is 5.11 Å². The zero-order valence-electron chi connectivity index (χ0n) is 20.7. The molecule has 0 aliphatic carbocycles. The van der Waals surface area contributed by atoms with Gasteiger partial charge in [-0.2, -0.15) is 0 Å². The lowest BCUT2D eigenvalue weighted by molar-refractivity contribution is 0.123. The van der Waals surface area contributed by atoms with Crippen molar-refractivity contribution in [2.75, 3.05) is 12.4 Å². The summed E-state index contributed by atoms with van der Waals surface area (Å²) in [7, 11) is 1.65. The molecule has 0 aliphatic rings. The third kappa shape index (κ3) is 5.99. The second-order valence-corrected chi connectivity index (χ2v) is 10.3. The molecule has 33 heavy (non-hydrogen) atoms. The summed E-state index contributed by atoms with van der Waals surface area (Å²) in [6.45, 7) is 12.8. The minimum absolute atomic E-state index is 0.0637. The van der Waals surface area contributed by atoms with Crippen LogP contribution in [0.4, 0.5) is 11.4 Å². The van der Waals surface area contributed by atoms with Gasteiger partial charge in [0.1, 0.15) is 11.4 Å². The van der Waals surface area contributed by atoms with Gasteiger partial charge in [0.2, 0.25) is 0 Å². The molecule has 3 aromatic rings. The highest BCUT2D eigenvalue weighted by Gasteiger charge is 2.25. The number of hydrogen-bond donors (Lipinski definition) is 2. The number of aliphatic imine (C=N–C) groups is 1. The van der Waals surface area contributed by atoms with E-state index in [2.05, 4.69) is 57.9 Å². The molecule has 0 unspecified atom stereocenters. The summed E-state index contributed by atoms with van der Waals surface area (Å²) in [4.78, 5) is 9.11. The average molecular weight is 446 g/mol. The molecule has 0 saturated carbocycles. The largest absolute Gasteiger partial charge is 0.505 e. The monoisotopic (exact) mass is 445 g/mol. The van der Waals surface area contributed by atoms with Crippen LogP contribution in [0, 0.1) is 0 Å². The molecule has 5 heteroatoms. The summed E-state index contributed by atoms with van der Waals surface area (Å²) in [5, 5.41) is 14.4. The SMILES string of the molecule is CO[C@@H](Nc1ccccc1C=Nc1cc(C(C)(C)C)cc(C(C)(C)C)c1O)c1ccccn1. The van der Waals surface area contributed by atoms with Crippen LogP contribution in [0.3, 0.4) is 0 Å². The van der Waals surface area contributed by atoms with Crippen molar-refractivity contribution in [3.8, 4) is 5.75 Å². The van der Waals surface area contributed by atoms with E-state index in [1.54, 1.807) is 19.5 Å². The summed E-state index contributed by atoms with van der Waals surface area (Å²) < 4.78 is 5.63. The predicted molar refractivity (Wildman–Crippen MR) is 137 cm³/mol. The lowest BCUT2D eigenvalue weighted by Crippen LogP contribution is -2.16. The highest BCUT2D eigenvalue weighted by Crippen LogP contribution is 2.41. The number of hydrogen-bond acceptors (Lipinski definition) is 5. The van der Waals surface area contributed by atoms with Gasteiger partial charge in [0.15, 0.2) is 6.23 Å². The summed E-state index contributed by atoms with van der Waals surface area (Å²) >= 11 is 0. The fraction of sp³-hybridized carbons (Fsp3) is 0.357. The summed E-state index contributed by atoms with van der Waals surface area (Å²) in [6.07, 6.45) is 3.13. The van der Waals surface area contributed by atoms with Crippen molar-refractivity contribution >= 4 is 17.6 Å². The van der Waals surface area contributed by atoms with E-state index >= 15 is 0 Å². The molecular formula is C28H35N3O2. The Bertz CT molecular complexity index is 1110. The van der Waals surface area contributed by atoms with Crippen LogP contribution < -0.4 is 5.32 Å². The van der Waals surface area contributed by atoms with Gasteiger partial charge in [0.05, 0.1) is 5.69 Å². The molecule has 2 N–H and O–H groups in total. The van der Waals surface area contributed by atoms with Crippen LogP contribution in [0.5, 0.6) is 5.75 Å². The zero-order valence-corrected chi connectivity index (χ0v) is 20.7. The Labute approximate surface area is 197 Å². The molecule has 1 heterocycles. The van der Waals surface area contributed by atoms with E-state index in [1.807, 2.05) is 48.5 Å². The number of methoxy groups -OCH3 is 1. The van der Waals surface area contributed by atoms with Gasteiger partial charge >= 0.3 is 0 Å². The van der Waals surface area contributed by atoms with Crippen LogP contribution in [-0.4, -0.2) is 23.4 Å². The first-order valence-corrected chi connectivity index (χ1v) is 11.2. The van der Waals surface area contributed by atoms with E-state index in [4.69, 9.17) is 9.73 Å². The number of anilines is 1. The highest BCUT2D eigenvalue weighted by atomic mass is 16.5. The Morgan fingerprint density at radius 1 is 0.970 bits per heavy atom. The molecule has 0 fully saturated rings. The van der Waals surface area contributed by atoms with E-state index in [0.717, 1.165) is 28.1 Å². The Morgan fingerprint density at radius 3 is 2.27 bits per heavy atom. The lowest BCUT2D eigenvalue weighted by atomic mass is 9.80. The third-order valence-electron chi connectivity index (χ3n) is 5.55. The second kappa shape index (κ2) is 9.75. The number of phenols is 1. The van der Waals surface area contributed by atoms with Crippen molar-refractivity contribution in [1.82, 2.24) is 4.98 Å². The number of nitrogens with one attached hydrogen (secondary N) is 1. The third-order valence-corrected chi connectivity index (χ3v) is 5.55. The van der Waals surface area contributed by atoms with E-state index in [0.29, 0.717) is 5.69 Å². The van der Waals surface area contributed by atoms with Crippen LogP contribution in [0.25, 0.3) is 0 Å². The van der Waals surface area contributed by atoms with Gasteiger partial charge in [-0.25, -0.2) is 0 Å². The maximum absolute atomic E-state index is 11.0. The number of benzene rings is 2. The van der Waals surface area contributed by atoms with Crippen LogP contribution in [0.15, 0.2) is 65.8 Å². The van der Waals surface area contributed by atoms with Crippen LogP contribution in [0.2, 0.25) is 0 Å². The first kappa shape index (κ1) is 24.5. The fourth-order valence-electron chi connectivity index (χ4n) is 3.53. The fourth-order valence-corrected chi connectivity index (χ4v) is 3.53. The molecule has 3 rings (SSSR count). The van der Waals surface area contributed by atoms with Gasteiger partial charge in [0, 0.05) is 36.3 Å². The van der Waals surface area contributed by atoms with E-state index < -0.39 is 6.23 Å². The number of ether oxygens (including phenoxy) is 1. The highest BCUT2D eigenvalue weighted by molar-refractivity contribution is 5.90. The van der Waals surface area contributed by atoms with Crippen molar-refractivity contribution < 1.29 is 9.84 Å². The Kier molecular flexibility index (Phi) is 7.23. The standard InChI is InChI=1S/C28H35N3O2/c1-27(2,3)20-16-21(28(4,5)6)25(32)24(17-20)30-18-19-12-8-9-13-22(19)31-26(33-7)23-14-10-11-15-29-23/h8-18,26,31-32H,1-7H3/t26-/m1/s1. The number of pyridine rings is 1. The molecule has 1 atom stereocenters. The lowest BCUT2D eigenvalue weighted by Gasteiger charge is -2.26. The van der Waals surface area contributed by atoms with Crippen LogP contribution in [0.1, 0.15) is 70.2 Å². The maximum atomic E-state index is 11.0. The predicted octanol–water partition coefficient (Wildman–Crippen LogP) is 6.89. The molecule has 0 bridgehead atoms. The van der Waals surface area contributed by atoms with E-state index in [-0.39, 0.29) is 16.6 Å². The molecule has 0 aliphatic heterocycles. The number of aromatic hydroxyl groups is 1. The maximum Gasteiger partial charge on any atom is 0.170 e. The Balaban J connectivity index is 1.99. The molecule has 0 saturated heterocycles. The first-order chi connectivity index (χ1) is 15.5. The summed E-state index contributed by atoms with van der Waals surface area (Å²) in [6, 6.07) is 17.7. The normalized spacial score (nSPS) is 13.3. The van der Waals surface area contributed by atoms with Crippen molar-refractivity contribution in [1.29, 1.82) is 0 Å². The zero-order chi connectivity index (χ0) is 24.2. The minimum atomic E-state index is -0.397. The first-order valence-electron chi connectivity index (χ1n) is 11.2. The molecule has 0 amide bonds. The number of nitrogens with zero attached hydrogens (tertiary/aromatic N) is 2. The van der Waals surface area contributed by atoms with Crippen LogP contribution in [-0.2, 0) is 15.6 Å². The molecule has 1 aromatic heterocycles. The molecular weight excluding hydrogens is 410 g/mol. The van der Waals surface area contributed by atoms with Crippen molar-refractivity contribution in [2.45, 2.75) is 58.6 Å². The van der Waals surface area contributed by atoms with Gasteiger partial charge in [-0.15, -0.1) is 0 Å². The molecule has 0 spiro atoms. The average Bonchev–Trinajstić information content (AvgIpc) is 2.76. The second-order valence-electron chi connectivity index (χ2n) is 10.3. The molecule has 174 valence electrons. The Hall–Kier alpha value is -3.18. The molecule has 0 radical (unpaired) electrons. The topological polar surface area (TPSA) is 66.7 Å². The van der Waals surface area contributed by atoms with Crippen molar-refractivity contribution in [2.24, 2.45) is 4.99 Å². The Morgan fingerprint density at radius 2 is 1.67 bits per heavy atom.